The number of aromatic nitrogens is 2. The molecule has 1 aromatic rings. The number of nitrogens with zero attached hydrogens (tertiary/aromatic N) is 2. The van der Waals surface area contributed by atoms with E-state index in [4.69, 9.17) is 15.0 Å². The fraction of sp³-hybridized carbons (Fsp3) is 0.818. The Bertz CT molecular complexity index is 337. The van der Waals surface area contributed by atoms with Gasteiger partial charge in [-0.25, -0.2) is 0 Å². The Balaban J connectivity index is 0.00000144. The minimum Gasteiger partial charge on any atom is -0.381 e. The molecule has 0 amide bonds. The third-order valence-corrected chi connectivity index (χ3v) is 3.03. The summed E-state index contributed by atoms with van der Waals surface area (Å²) in [5.41, 5.74) is 6.13. The van der Waals surface area contributed by atoms with Gasteiger partial charge in [-0.3, -0.25) is 0 Å². The molecule has 1 aromatic heterocycles. The molecule has 1 atom stereocenters. The Morgan fingerprint density at radius 1 is 1.29 bits per heavy atom. The van der Waals surface area contributed by atoms with Gasteiger partial charge in [0.2, 0.25) is 5.89 Å². The van der Waals surface area contributed by atoms with Crippen LogP contribution in [0.3, 0.4) is 0 Å². The summed E-state index contributed by atoms with van der Waals surface area (Å²) < 4.78 is 10.5. The average molecular weight is 262 g/mol. The summed E-state index contributed by atoms with van der Waals surface area (Å²) in [4.78, 5) is 4.34. The summed E-state index contributed by atoms with van der Waals surface area (Å²) in [6, 6.07) is -0.149. The van der Waals surface area contributed by atoms with Gasteiger partial charge >= 0.3 is 0 Å². The fourth-order valence-electron chi connectivity index (χ4n) is 1.89. The first-order valence-corrected chi connectivity index (χ1v) is 5.85. The maximum absolute atomic E-state index is 6.13. The van der Waals surface area contributed by atoms with Crippen LogP contribution in [0.15, 0.2) is 4.52 Å². The van der Waals surface area contributed by atoms with Crippen molar-refractivity contribution in [1.29, 1.82) is 0 Å². The van der Waals surface area contributed by atoms with E-state index in [1.807, 2.05) is 13.8 Å². The first-order chi connectivity index (χ1) is 7.68. The van der Waals surface area contributed by atoms with Gasteiger partial charge in [0.05, 0.1) is 6.04 Å². The Kier molecular flexibility index (Phi) is 5.36. The first-order valence-electron chi connectivity index (χ1n) is 5.85. The molecule has 0 saturated carbocycles. The topological polar surface area (TPSA) is 74.2 Å². The average Bonchev–Trinajstić information content (AvgIpc) is 2.78. The standard InChI is InChI=1S/C11H19N3O2.ClH/c1-7(2)10-13-11(16-14-10)9(12)8-3-5-15-6-4-8;/h7-9H,3-6,12H2,1-2H3;1H. The fourth-order valence-corrected chi connectivity index (χ4v) is 1.89. The van der Waals surface area contributed by atoms with Crippen molar-refractivity contribution in [2.75, 3.05) is 13.2 Å². The van der Waals surface area contributed by atoms with Crippen LogP contribution < -0.4 is 5.73 Å². The molecule has 1 fully saturated rings. The monoisotopic (exact) mass is 261 g/mol. The molecular formula is C11H20ClN3O2. The smallest absolute Gasteiger partial charge is 0.243 e. The SMILES string of the molecule is CC(C)c1noc(C(N)C2CCOCC2)n1.Cl. The van der Waals surface area contributed by atoms with Gasteiger partial charge in [0, 0.05) is 19.1 Å². The van der Waals surface area contributed by atoms with Crippen molar-refractivity contribution >= 4 is 12.4 Å². The number of halogens is 1. The third-order valence-electron chi connectivity index (χ3n) is 3.03. The van der Waals surface area contributed by atoms with Gasteiger partial charge in [-0.1, -0.05) is 19.0 Å². The molecule has 0 aliphatic carbocycles. The van der Waals surface area contributed by atoms with Crippen molar-refractivity contribution in [3.05, 3.63) is 11.7 Å². The van der Waals surface area contributed by atoms with Crippen LogP contribution in [0.2, 0.25) is 0 Å². The zero-order valence-corrected chi connectivity index (χ0v) is 11.1. The summed E-state index contributed by atoms with van der Waals surface area (Å²) >= 11 is 0. The third kappa shape index (κ3) is 3.40. The predicted molar refractivity (Wildman–Crippen MR) is 66.1 cm³/mol. The lowest BCUT2D eigenvalue weighted by atomic mass is 9.92. The highest BCUT2D eigenvalue weighted by atomic mass is 35.5. The number of hydrogen-bond donors (Lipinski definition) is 1. The van der Waals surface area contributed by atoms with Crippen LogP contribution in [0, 0.1) is 5.92 Å². The summed E-state index contributed by atoms with van der Waals surface area (Å²) in [5, 5.41) is 3.93. The van der Waals surface area contributed by atoms with Crippen molar-refractivity contribution in [3.63, 3.8) is 0 Å². The van der Waals surface area contributed by atoms with E-state index in [0.717, 1.165) is 31.9 Å². The molecule has 1 unspecified atom stereocenters. The summed E-state index contributed by atoms with van der Waals surface area (Å²) in [6.07, 6.45) is 1.95. The van der Waals surface area contributed by atoms with E-state index in [-0.39, 0.29) is 24.4 Å². The van der Waals surface area contributed by atoms with E-state index in [1.54, 1.807) is 0 Å². The molecule has 0 spiro atoms. The highest BCUT2D eigenvalue weighted by molar-refractivity contribution is 5.85. The van der Waals surface area contributed by atoms with Crippen molar-refractivity contribution in [2.24, 2.45) is 11.7 Å². The zero-order valence-electron chi connectivity index (χ0n) is 10.3. The van der Waals surface area contributed by atoms with Crippen LogP contribution in [-0.2, 0) is 4.74 Å². The normalized spacial score (nSPS) is 19.1. The molecular weight excluding hydrogens is 242 g/mol. The van der Waals surface area contributed by atoms with Crippen LogP contribution in [0.5, 0.6) is 0 Å². The molecule has 1 saturated heterocycles. The number of ether oxygens (including phenoxy) is 1. The van der Waals surface area contributed by atoms with E-state index in [9.17, 15) is 0 Å². The summed E-state index contributed by atoms with van der Waals surface area (Å²) in [5.74, 6) is 1.97. The second-order valence-corrected chi connectivity index (χ2v) is 4.62. The predicted octanol–water partition coefficient (Wildman–Crippen LogP) is 2.04. The maximum Gasteiger partial charge on any atom is 0.243 e. The molecule has 6 heteroatoms. The molecule has 1 aliphatic rings. The lowest BCUT2D eigenvalue weighted by molar-refractivity contribution is 0.0546. The van der Waals surface area contributed by atoms with Crippen LogP contribution in [0.25, 0.3) is 0 Å². The highest BCUT2D eigenvalue weighted by Crippen LogP contribution is 2.27. The van der Waals surface area contributed by atoms with Crippen molar-refractivity contribution in [2.45, 2.75) is 38.6 Å². The second kappa shape index (κ2) is 6.33. The molecule has 2 heterocycles. The Labute approximate surface area is 108 Å². The maximum atomic E-state index is 6.13. The van der Waals surface area contributed by atoms with E-state index in [0.29, 0.717) is 11.8 Å². The van der Waals surface area contributed by atoms with E-state index in [1.165, 1.54) is 0 Å². The van der Waals surface area contributed by atoms with Gasteiger partial charge in [-0.05, 0) is 18.8 Å². The van der Waals surface area contributed by atoms with Crippen molar-refractivity contribution in [3.8, 4) is 0 Å². The number of nitrogens with two attached hydrogens (primary N) is 1. The summed E-state index contributed by atoms with van der Waals surface area (Å²) in [7, 11) is 0. The van der Waals surface area contributed by atoms with Crippen molar-refractivity contribution < 1.29 is 9.26 Å². The Hall–Kier alpha value is -0.650. The molecule has 0 radical (unpaired) electrons. The van der Waals surface area contributed by atoms with Gasteiger partial charge in [-0.2, -0.15) is 4.98 Å². The molecule has 5 nitrogen and oxygen atoms in total. The van der Waals surface area contributed by atoms with Crippen LogP contribution in [0.1, 0.15) is 50.4 Å². The Morgan fingerprint density at radius 2 is 1.94 bits per heavy atom. The van der Waals surface area contributed by atoms with Crippen molar-refractivity contribution in [1.82, 2.24) is 10.1 Å². The second-order valence-electron chi connectivity index (χ2n) is 4.62. The Morgan fingerprint density at radius 3 is 2.47 bits per heavy atom. The molecule has 2 rings (SSSR count). The van der Waals surface area contributed by atoms with Crippen LogP contribution >= 0.6 is 12.4 Å². The van der Waals surface area contributed by atoms with E-state index in [2.05, 4.69) is 10.1 Å². The van der Waals surface area contributed by atoms with Crippen LogP contribution in [0.4, 0.5) is 0 Å². The number of rotatable bonds is 3. The minimum atomic E-state index is -0.149. The molecule has 0 aromatic carbocycles. The zero-order chi connectivity index (χ0) is 11.5. The highest BCUT2D eigenvalue weighted by Gasteiger charge is 2.26. The molecule has 2 N–H and O–H groups in total. The molecule has 0 bridgehead atoms. The quantitative estimate of drug-likeness (QED) is 0.901. The lowest BCUT2D eigenvalue weighted by Crippen LogP contribution is -2.27. The first kappa shape index (κ1) is 14.4. The lowest BCUT2D eigenvalue weighted by Gasteiger charge is -2.25. The molecule has 17 heavy (non-hydrogen) atoms. The van der Waals surface area contributed by atoms with Gasteiger partial charge in [0.15, 0.2) is 5.82 Å². The number of hydrogen-bond acceptors (Lipinski definition) is 5. The van der Waals surface area contributed by atoms with E-state index < -0.39 is 0 Å². The summed E-state index contributed by atoms with van der Waals surface area (Å²) in [6.45, 7) is 5.64. The van der Waals surface area contributed by atoms with Gasteiger partial charge in [0.1, 0.15) is 0 Å². The van der Waals surface area contributed by atoms with Crippen LogP contribution in [-0.4, -0.2) is 23.4 Å². The molecule has 1 aliphatic heterocycles. The van der Waals surface area contributed by atoms with Gasteiger partial charge in [-0.15, -0.1) is 12.4 Å². The largest absolute Gasteiger partial charge is 0.381 e. The van der Waals surface area contributed by atoms with Gasteiger partial charge < -0.3 is 15.0 Å². The van der Waals surface area contributed by atoms with E-state index >= 15 is 0 Å². The van der Waals surface area contributed by atoms with Gasteiger partial charge in [0.25, 0.3) is 0 Å². The molecule has 98 valence electrons. The minimum absolute atomic E-state index is 0.